The molecule has 0 fully saturated rings. The lowest BCUT2D eigenvalue weighted by atomic mass is 9.98. The molecule has 0 aliphatic carbocycles. The molecule has 0 spiro atoms. The zero-order chi connectivity index (χ0) is 27.6. The van der Waals surface area contributed by atoms with Crippen molar-refractivity contribution in [2.24, 2.45) is 7.05 Å². The highest BCUT2D eigenvalue weighted by atomic mass is 127. The van der Waals surface area contributed by atoms with Crippen LogP contribution in [-0.4, -0.2) is 47.6 Å². The van der Waals surface area contributed by atoms with Crippen LogP contribution < -0.4 is 4.74 Å². The lowest BCUT2D eigenvalue weighted by Gasteiger charge is -2.11. The molecular weight excluding hydrogens is 604 g/mol. The highest BCUT2D eigenvalue weighted by Gasteiger charge is 2.28. The zero-order valence-electron chi connectivity index (χ0n) is 21.9. The van der Waals surface area contributed by atoms with Gasteiger partial charge >= 0.3 is 11.9 Å². The van der Waals surface area contributed by atoms with Gasteiger partial charge in [0.15, 0.2) is 0 Å². The molecule has 0 aliphatic rings. The van der Waals surface area contributed by atoms with E-state index >= 15 is 4.39 Å². The molecule has 0 saturated heterocycles. The van der Waals surface area contributed by atoms with Gasteiger partial charge in [0.05, 0.1) is 39.1 Å². The van der Waals surface area contributed by atoms with Crippen LogP contribution >= 0.6 is 22.6 Å². The van der Waals surface area contributed by atoms with Crippen LogP contribution in [0.5, 0.6) is 5.75 Å². The minimum atomic E-state index is -0.559. The second kappa shape index (κ2) is 11.5. The smallest absolute Gasteiger partial charge is 0.354 e. The van der Waals surface area contributed by atoms with Crippen LogP contribution in [0.4, 0.5) is 4.39 Å². The van der Waals surface area contributed by atoms with Crippen molar-refractivity contribution in [2.45, 2.75) is 30.7 Å². The Balaban J connectivity index is 1.92. The van der Waals surface area contributed by atoms with Crippen LogP contribution in [0.3, 0.4) is 0 Å². The number of methoxy groups -OCH3 is 3. The summed E-state index contributed by atoms with van der Waals surface area (Å²) in [7, 11) is 5.95. The van der Waals surface area contributed by atoms with E-state index < -0.39 is 17.8 Å². The standard InChI is InChI=1S/C28H29FIN3O5/c1-16-24(22(14-30)31-33(16)15-17-6-8-18(36-3)9-7-17)25-21(29)12-10-19-20(11-13-23(34)37-4)27(28(35)38-5)32(2)26(19)25/h6-10,12H,11,13-15H2,1-5H3. The molecule has 2 heterocycles. The average molecular weight is 633 g/mol. The zero-order valence-corrected chi connectivity index (χ0v) is 24.1. The molecular formula is C28H29FIN3O5. The van der Waals surface area contributed by atoms with E-state index in [0.717, 1.165) is 22.7 Å². The van der Waals surface area contributed by atoms with E-state index in [1.807, 2.05) is 35.9 Å². The number of alkyl halides is 1. The summed E-state index contributed by atoms with van der Waals surface area (Å²) in [5.74, 6) is -0.618. The van der Waals surface area contributed by atoms with Crippen molar-refractivity contribution in [3.63, 3.8) is 0 Å². The predicted molar refractivity (Wildman–Crippen MR) is 150 cm³/mol. The average Bonchev–Trinajstić information content (AvgIpc) is 3.39. The number of aryl methyl sites for hydroxylation is 2. The normalized spacial score (nSPS) is 11.1. The maximum absolute atomic E-state index is 15.7. The van der Waals surface area contributed by atoms with Gasteiger partial charge in [0, 0.05) is 40.1 Å². The van der Waals surface area contributed by atoms with Crippen LogP contribution in [0.1, 0.15) is 39.4 Å². The number of fused-ring (bicyclic) bond motifs is 1. The summed E-state index contributed by atoms with van der Waals surface area (Å²) in [5.41, 5.74) is 5.05. The van der Waals surface area contributed by atoms with E-state index in [-0.39, 0.29) is 18.5 Å². The largest absolute Gasteiger partial charge is 0.497 e. The van der Waals surface area contributed by atoms with Crippen LogP contribution in [0.15, 0.2) is 36.4 Å². The quantitative estimate of drug-likeness (QED) is 0.140. The summed E-state index contributed by atoms with van der Waals surface area (Å²) in [6.45, 7) is 2.42. The Morgan fingerprint density at radius 1 is 1.03 bits per heavy atom. The third-order valence-corrected chi connectivity index (χ3v) is 7.46. The van der Waals surface area contributed by atoms with E-state index in [0.29, 0.717) is 38.6 Å². The number of carbonyl (C=O) groups excluding carboxylic acids is 2. The summed E-state index contributed by atoms with van der Waals surface area (Å²) in [4.78, 5) is 24.7. The number of esters is 2. The Hall–Kier alpha value is -3.41. The first kappa shape index (κ1) is 27.6. The molecule has 0 atom stereocenters. The summed E-state index contributed by atoms with van der Waals surface area (Å²) >= 11 is 2.23. The molecule has 0 aliphatic heterocycles. The van der Waals surface area contributed by atoms with E-state index in [2.05, 4.69) is 22.6 Å². The molecule has 0 N–H and O–H groups in total. The van der Waals surface area contributed by atoms with E-state index in [1.165, 1.54) is 20.3 Å². The summed E-state index contributed by atoms with van der Waals surface area (Å²) < 4.78 is 34.9. The van der Waals surface area contributed by atoms with E-state index in [9.17, 15) is 9.59 Å². The number of hydrogen-bond acceptors (Lipinski definition) is 6. The summed E-state index contributed by atoms with van der Waals surface area (Å²) in [6, 6.07) is 10.8. The Bertz CT molecular complexity index is 1510. The number of aromatic nitrogens is 3. The van der Waals surface area contributed by atoms with Crippen molar-refractivity contribution in [3.8, 4) is 16.9 Å². The molecule has 8 nitrogen and oxygen atoms in total. The fourth-order valence-corrected chi connectivity index (χ4v) is 5.40. The molecule has 38 heavy (non-hydrogen) atoms. The Kier molecular flexibility index (Phi) is 8.39. The second-order valence-corrected chi connectivity index (χ2v) is 9.58. The Morgan fingerprint density at radius 3 is 2.34 bits per heavy atom. The van der Waals surface area contributed by atoms with Crippen molar-refractivity contribution < 1.29 is 28.2 Å². The maximum atomic E-state index is 15.7. The van der Waals surface area contributed by atoms with Crippen molar-refractivity contribution in [1.29, 1.82) is 0 Å². The summed E-state index contributed by atoms with van der Waals surface area (Å²) in [6.07, 6.45) is 0.318. The van der Waals surface area contributed by atoms with Gasteiger partial charge in [-0.1, -0.05) is 34.7 Å². The predicted octanol–water partition coefficient (Wildman–Crippen LogP) is 5.37. The molecule has 0 saturated carbocycles. The summed E-state index contributed by atoms with van der Waals surface area (Å²) in [5, 5.41) is 5.50. The third kappa shape index (κ3) is 5.01. The van der Waals surface area contributed by atoms with Gasteiger partial charge in [0.25, 0.3) is 0 Å². The minimum absolute atomic E-state index is 0.0736. The van der Waals surface area contributed by atoms with Crippen molar-refractivity contribution in [2.75, 3.05) is 21.3 Å². The third-order valence-electron chi connectivity index (χ3n) is 6.74. The highest BCUT2D eigenvalue weighted by molar-refractivity contribution is 14.1. The number of hydrogen-bond donors (Lipinski definition) is 0. The molecule has 2 aromatic carbocycles. The number of ether oxygens (including phenoxy) is 3. The first-order valence-electron chi connectivity index (χ1n) is 12.0. The van der Waals surface area contributed by atoms with Crippen LogP contribution in [0.25, 0.3) is 22.0 Å². The molecule has 0 unspecified atom stereocenters. The number of carbonyl (C=O) groups is 2. The van der Waals surface area contributed by atoms with Gasteiger partial charge in [-0.15, -0.1) is 0 Å². The molecule has 2 aromatic heterocycles. The Labute approximate surface area is 233 Å². The van der Waals surface area contributed by atoms with Gasteiger partial charge in [-0.3, -0.25) is 9.48 Å². The highest BCUT2D eigenvalue weighted by Crippen LogP contribution is 2.40. The van der Waals surface area contributed by atoms with Gasteiger partial charge in [0.2, 0.25) is 0 Å². The first-order valence-corrected chi connectivity index (χ1v) is 13.5. The van der Waals surface area contributed by atoms with Crippen LogP contribution in [0, 0.1) is 12.7 Å². The first-order chi connectivity index (χ1) is 18.2. The monoisotopic (exact) mass is 633 g/mol. The molecule has 0 amide bonds. The lowest BCUT2D eigenvalue weighted by Crippen LogP contribution is -2.11. The lowest BCUT2D eigenvalue weighted by molar-refractivity contribution is -0.140. The van der Waals surface area contributed by atoms with Crippen LogP contribution in [-0.2, 0) is 38.7 Å². The molecule has 200 valence electrons. The number of benzene rings is 2. The van der Waals surface area contributed by atoms with E-state index in [4.69, 9.17) is 19.3 Å². The second-order valence-electron chi connectivity index (χ2n) is 8.82. The SMILES string of the molecule is COC(=O)CCc1c(C(=O)OC)n(C)c2c(-c3c(CI)nn(Cc4ccc(OC)cc4)c3C)c(F)ccc12. The van der Waals surface area contributed by atoms with Crippen LogP contribution in [0.2, 0.25) is 0 Å². The van der Waals surface area contributed by atoms with Gasteiger partial charge in [-0.2, -0.15) is 5.10 Å². The molecule has 0 radical (unpaired) electrons. The van der Waals surface area contributed by atoms with Crippen molar-refractivity contribution >= 4 is 45.4 Å². The fraction of sp³-hybridized carbons (Fsp3) is 0.321. The fourth-order valence-electron chi connectivity index (χ4n) is 4.86. The van der Waals surface area contributed by atoms with Gasteiger partial charge < -0.3 is 18.8 Å². The molecule has 10 heteroatoms. The maximum Gasteiger partial charge on any atom is 0.354 e. The molecule has 4 aromatic rings. The molecule has 0 bridgehead atoms. The van der Waals surface area contributed by atoms with Crippen molar-refractivity contribution in [3.05, 3.63) is 70.4 Å². The van der Waals surface area contributed by atoms with E-state index in [1.54, 1.807) is 24.8 Å². The number of rotatable bonds is 9. The number of halogens is 2. The van der Waals surface area contributed by atoms with Crippen molar-refractivity contribution in [1.82, 2.24) is 14.3 Å². The van der Waals surface area contributed by atoms with Gasteiger partial charge in [-0.05, 0) is 48.7 Å². The number of nitrogens with zero attached hydrogens (tertiary/aromatic N) is 3. The topological polar surface area (TPSA) is 84.6 Å². The van der Waals surface area contributed by atoms with Gasteiger partial charge in [-0.25, -0.2) is 9.18 Å². The minimum Gasteiger partial charge on any atom is -0.497 e. The molecule has 4 rings (SSSR count). The van der Waals surface area contributed by atoms with Gasteiger partial charge in [0.1, 0.15) is 17.3 Å². The Morgan fingerprint density at radius 2 is 1.74 bits per heavy atom.